The molecular formula is C34H30N4O3S. The van der Waals surface area contributed by atoms with Crippen LogP contribution >= 0.6 is 11.3 Å². The number of thiazole rings is 1. The fourth-order valence-corrected chi connectivity index (χ4v) is 6.18. The van der Waals surface area contributed by atoms with Gasteiger partial charge in [0.1, 0.15) is 0 Å². The van der Waals surface area contributed by atoms with Gasteiger partial charge >= 0.3 is 5.97 Å². The average molecular weight is 575 g/mol. The normalized spacial score (nSPS) is 15.0. The minimum absolute atomic E-state index is 0.221. The van der Waals surface area contributed by atoms with Crippen molar-refractivity contribution in [2.24, 2.45) is 4.99 Å². The maximum atomic E-state index is 14.2. The topological polar surface area (TPSA) is 78.5 Å². The molecular weight excluding hydrogens is 544 g/mol. The molecule has 6 rings (SSSR count). The van der Waals surface area contributed by atoms with E-state index in [9.17, 15) is 9.59 Å². The van der Waals surface area contributed by atoms with Crippen molar-refractivity contribution >= 4 is 23.4 Å². The zero-order chi connectivity index (χ0) is 29.4. The molecule has 0 spiro atoms. The van der Waals surface area contributed by atoms with Gasteiger partial charge in [0.25, 0.3) is 5.56 Å². The summed E-state index contributed by atoms with van der Waals surface area (Å²) in [6.07, 6.45) is 3.82. The molecule has 5 aromatic rings. The van der Waals surface area contributed by atoms with Crippen LogP contribution in [-0.2, 0) is 9.53 Å². The second-order valence-electron chi connectivity index (χ2n) is 10.3. The maximum absolute atomic E-state index is 14.2. The van der Waals surface area contributed by atoms with E-state index in [0.29, 0.717) is 20.6 Å². The van der Waals surface area contributed by atoms with Gasteiger partial charge in [-0.1, -0.05) is 89.2 Å². The van der Waals surface area contributed by atoms with Crippen molar-refractivity contribution in [2.45, 2.75) is 33.7 Å². The number of carbonyl (C=O) groups is 1. The van der Waals surface area contributed by atoms with Crippen LogP contribution in [0.25, 0.3) is 23.0 Å². The van der Waals surface area contributed by atoms with Crippen molar-refractivity contribution in [3.8, 4) is 16.9 Å². The van der Waals surface area contributed by atoms with E-state index < -0.39 is 12.0 Å². The standard InChI is InChI=1S/C34H30N4O3S/c1-5-41-33(40)29-23(4)35-34-38(31(29)25-17-13-22(3)14-18-25)32(39)28(42-34)19-26-20-37(27-9-7-6-8-10-27)36-30(26)24-15-11-21(2)12-16-24/h6-20,31H,5H2,1-4H3/b28-19+/t31-/m1/s1. The van der Waals surface area contributed by atoms with Crippen LogP contribution in [0.4, 0.5) is 0 Å². The second-order valence-corrected chi connectivity index (χ2v) is 11.3. The van der Waals surface area contributed by atoms with E-state index in [-0.39, 0.29) is 12.2 Å². The summed E-state index contributed by atoms with van der Waals surface area (Å²) in [5, 5.41) is 4.91. The third kappa shape index (κ3) is 5.05. The number of aryl methyl sites for hydroxylation is 2. The number of carbonyl (C=O) groups excluding carboxylic acids is 1. The van der Waals surface area contributed by atoms with Gasteiger partial charge in [-0.3, -0.25) is 9.36 Å². The first kappa shape index (κ1) is 27.4. The summed E-state index contributed by atoms with van der Waals surface area (Å²) in [5.41, 5.74) is 7.20. The van der Waals surface area contributed by atoms with Crippen LogP contribution in [0, 0.1) is 13.8 Å². The highest BCUT2D eigenvalue weighted by molar-refractivity contribution is 7.07. The predicted octanol–water partition coefficient (Wildman–Crippen LogP) is 5.27. The molecule has 0 amide bonds. The molecule has 0 N–H and O–H groups in total. The molecule has 0 saturated carbocycles. The Morgan fingerprint density at radius 2 is 1.62 bits per heavy atom. The number of para-hydroxylation sites is 1. The van der Waals surface area contributed by atoms with Gasteiger partial charge in [0.2, 0.25) is 0 Å². The van der Waals surface area contributed by atoms with Crippen LogP contribution in [0.3, 0.4) is 0 Å². The number of allylic oxidation sites excluding steroid dienone is 1. The van der Waals surface area contributed by atoms with E-state index in [4.69, 9.17) is 14.8 Å². The summed E-state index contributed by atoms with van der Waals surface area (Å²) in [6, 6.07) is 25.3. The molecule has 0 fully saturated rings. The average Bonchev–Trinajstić information content (AvgIpc) is 3.54. The SMILES string of the molecule is CCOC(=O)C1=C(C)N=c2s/c(=C/c3cn(-c4ccccc4)nc3-c3ccc(C)cc3)c(=O)n2[C@@H]1c1ccc(C)cc1. The van der Waals surface area contributed by atoms with Crippen molar-refractivity contribution in [3.05, 3.63) is 138 Å². The van der Waals surface area contributed by atoms with Gasteiger partial charge in [-0.15, -0.1) is 0 Å². The Morgan fingerprint density at radius 1 is 0.952 bits per heavy atom. The van der Waals surface area contributed by atoms with E-state index in [2.05, 4.69) is 12.1 Å². The first-order chi connectivity index (χ1) is 20.3. The number of fused-ring (bicyclic) bond motifs is 1. The molecule has 0 aliphatic carbocycles. The Kier molecular flexibility index (Phi) is 7.31. The van der Waals surface area contributed by atoms with Gasteiger partial charge < -0.3 is 4.74 Å². The van der Waals surface area contributed by atoms with Crippen molar-refractivity contribution in [2.75, 3.05) is 6.61 Å². The lowest BCUT2D eigenvalue weighted by Gasteiger charge is -2.24. The van der Waals surface area contributed by atoms with Crippen LogP contribution in [0.15, 0.2) is 106 Å². The number of nitrogens with zero attached hydrogens (tertiary/aromatic N) is 4. The highest BCUT2D eigenvalue weighted by atomic mass is 32.1. The van der Waals surface area contributed by atoms with Crippen LogP contribution in [-0.4, -0.2) is 26.9 Å². The van der Waals surface area contributed by atoms with Gasteiger partial charge in [-0.25, -0.2) is 14.5 Å². The Hall–Kier alpha value is -4.82. The number of ether oxygens (including phenoxy) is 1. The molecule has 8 heteroatoms. The van der Waals surface area contributed by atoms with Crippen molar-refractivity contribution in [3.63, 3.8) is 0 Å². The Balaban J connectivity index is 1.56. The van der Waals surface area contributed by atoms with Crippen molar-refractivity contribution in [1.29, 1.82) is 0 Å². The molecule has 0 bridgehead atoms. The number of rotatable bonds is 6. The molecule has 1 aliphatic heterocycles. The molecule has 0 radical (unpaired) electrons. The number of hydrogen-bond acceptors (Lipinski definition) is 6. The van der Waals surface area contributed by atoms with Gasteiger partial charge in [-0.2, -0.15) is 5.10 Å². The molecule has 42 heavy (non-hydrogen) atoms. The number of aromatic nitrogens is 3. The lowest BCUT2D eigenvalue weighted by atomic mass is 9.95. The lowest BCUT2D eigenvalue weighted by molar-refractivity contribution is -0.139. The third-order valence-corrected chi connectivity index (χ3v) is 8.27. The molecule has 3 aromatic carbocycles. The molecule has 1 aliphatic rings. The minimum Gasteiger partial charge on any atom is -0.463 e. The van der Waals surface area contributed by atoms with Gasteiger partial charge in [-0.05, 0) is 51.5 Å². The summed E-state index contributed by atoms with van der Waals surface area (Å²) in [6.45, 7) is 7.85. The van der Waals surface area contributed by atoms with Crippen LogP contribution in [0.1, 0.15) is 42.1 Å². The quantitative estimate of drug-likeness (QED) is 0.259. The number of benzene rings is 3. The molecule has 0 unspecified atom stereocenters. The van der Waals surface area contributed by atoms with E-state index in [1.54, 1.807) is 18.4 Å². The lowest BCUT2D eigenvalue weighted by Crippen LogP contribution is -2.39. The summed E-state index contributed by atoms with van der Waals surface area (Å²) in [5.74, 6) is -0.468. The van der Waals surface area contributed by atoms with Gasteiger partial charge in [0, 0.05) is 17.3 Å². The fraction of sp³-hybridized carbons (Fsp3) is 0.176. The summed E-state index contributed by atoms with van der Waals surface area (Å²) in [4.78, 5) is 32.6. The largest absolute Gasteiger partial charge is 0.463 e. The first-order valence-electron chi connectivity index (χ1n) is 13.8. The molecule has 210 valence electrons. The zero-order valence-electron chi connectivity index (χ0n) is 23.9. The van der Waals surface area contributed by atoms with E-state index in [1.165, 1.54) is 11.3 Å². The monoisotopic (exact) mass is 574 g/mol. The highest BCUT2D eigenvalue weighted by Crippen LogP contribution is 2.31. The predicted molar refractivity (Wildman–Crippen MR) is 165 cm³/mol. The highest BCUT2D eigenvalue weighted by Gasteiger charge is 2.33. The van der Waals surface area contributed by atoms with Gasteiger partial charge in [0.15, 0.2) is 4.80 Å². The summed E-state index contributed by atoms with van der Waals surface area (Å²) >= 11 is 1.31. The first-order valence-corrected chi connectivity index (χ1v) is 14.6. The van der Waals surface area contributed by atoms with Crippen molar-refractivity contribution < 1.29 is 9.53 Å². The van der Waals surface area contributed by atoms with Crippen LogP contribution in [0.5, 0.6) is 0 Å². The molecule has 0 saturated heterocycles. The third-order valence-electron chi connectivity index (χ3n) is 7.28. The Bertz CT molecular complexity index is 2000. The second kappa shape index (κ2) is 11.2. The van der Waals surface area contributed by atoms with Crippen LogP contribution < -0.4 is 14.9 Å². The Labute approximate surface area is 247 Å². The number of esters is 1. The fourth-order valence-electron chi connectivity index (χ4n) is 5.14. The van der Waals surface area contributed by atoms with E-state index >= 15 is 0 Å². The van der Waals surface area contributed by atoms with E-state index in [1.807, 2.05) is 97.5 Å². The number of hydrogen-bond donors (Lipinski definition) is 0. The minimum atomic E-state index is -0.647. The molecule has 2 aromatic heterocycles. The molecule has 3 heterocycles. The smallest absolute Gasteiger partial charge is 0.338 e. The van der Waals surface area contributed by atoms with E-state index in [0.717, 1.165) is 39.2 Å². The van der Waals surface area contributed by atoms with Gasteiger partial charge in [0.05, 0.1) is 39.8 Å². The van der Waals surface area contributed by atoms with Crippen molar-refractivity contribution in [1.82, 2.24) is 14.3 Å². The zero-order valence-corrected chi connectivity index (χ0v) is 24.7. The maximum Gasteiger partial charge on any atom is 0.338 e. The summed E-state index contributed by atoms with van der Waals surface area (Å²) in [7, 11) is 0. The Morgan fingerprint density at radius 3 is 2.29 bits per heavy atom. The molecule has 7 nitrogen and oxygen atoms in total. The van der Waals surface area contributed by atoms with Crippen LogP contribution in [0.2, 0.25) is 0 Å². The summed E-state index contributed by atoms with van der Waals surface area (Å²) < 4.78 is 9.37. The molecule has 1 atom stereocenters.